The molecule has 0 amide bonds. The van der Waals surface area contributed by atoms with E-state index in [-0.39, 0.29) is 38.2 Å². The normalized spacial score (nSPS) is 15.0. The van der Waals surface area contributed by atoms with Crippen molar-refractivity contribution in [2.24, 2.45) is 0 Å². The van der Waals surface area contributed by atoms with E-state index >= 15 is 0 Å². The third-order valence-electron chi connectivity index (χ3n) is 1.04. The second-order valence-electron chi connectivity index (χ2n) is 2.19. The van der Waals surface area contributed by atoms with Crippen LogP contribution in [-0.2, 0) is 18.1 Å². The lowest BCUT2D eigenvalue weighted by atomic mass is 10.8. The topological polar surface area (TPSA) is 77.4 Å². The van der Waals surface area contributed by atoms with E-state index in [0.717, 1.165) is 0 Å². The van der Waals surface area contributed by atoms with Crippen molar-refractivity contribution in [1.82, 2.24) is 0 Å². The zero-order chi connectivity index (χ0) is 12.2. The largest absolute Gasteiger partial charge is 0.329 e. The molecule has 2 atom stereocenters. The smallest absolute Gasteiger partial charge is 0.328 e. The summed E-state index contributed by atoms with van der Waals surface area (Å²) >= 11 is 10.7. The number of halogens is 2. The van der Waals surface area contributed by atoms with Gasteiger partial charge in [-0.25, -0.2) is 0 Å². The molecule has 0 radical (unpaired) electrons. The fraction of sp³-hybridized carbons (Fsp3) is 1.00. The van der Waals surface area contributed by atoms with Crippen LogP contribution in [-0.4, -0.2) is 48.0 Å². The minimum absolute atomic E-state index is 0.0914. The average molecular weight is 315 g/mol. The van der Waals surface area contributed by atoms with Crippen LogP contribution in [0.2, 0.25) is 0 Å². The van der Waals surface area contributed by atoms with Gasteiger partial charge in [-0.1, -0.05) is 0 Å². The van der Waals surface area contributed by atoms with Crippen LogP contribution in [0.25, 0.3) is 0 Å². The van der Waals surface area contributed by atoms with Crippen LogP contribution in [0, 0.1) is 0 Å². The van der Waals surface area contributed by atoms with Gasteiger partial charge in [0.25, 0.3) is 0 Å². The van der Waals surface area contributed by atoms with Crippen LogP contribution in [0.15, 0.2) is 0 Å². The second kappa shape index (κ2) is 12.7. The minimum atomic E-state index is -1.93. The van der Waals surface area contributed by atoms with Crippen molar-refractivity contribution in [2.45, 2.75) is 0 Å². The van der Waals surface area contributed by atoms with Gasteiger partial charge in [0, 0.05) is 11.8 Å². The first-order chi connectivity index (χ1) is 7.70. The first-order valence-electron chi connectivity index (χ1n) is 4.32. The van der Waals surface area contributed by atoms with Gasteiger partial charge in [-0.05, 0) is 0 Å². The summed E-state index contributed by atoms with van der Waals surface area (Å²) in [5, 5.41) is 0. The van der Waals surface area contributed by atoms with Gasteiger partial charge in [0.15, 0.2) is 0 Å². The quantitative estimate of drug-likeness (QED) is 0.345. The first kappa shape index (κ1) is 17.2. The molecular formula is C6H14Cl2O6P2. The van der Waals surface area contributed by atoms with Crippen molar-refractivity contribution in [3.63, 3.8) is 0 Å². The molecule has 0 aromatic rings. The summed E-state index contributed by atoms with van der Waals surface area (Å²) in [6.45, 7) is 0.620. The molecule has 0 fully saturated rings. The SMILES string of the molecule is OP(OCCCl)OCCOP(O)OCCCl. The van der Waals surface area contributed by atoms with Gasteiger partial charge in [0.2, 0.25) is 0 Å². The summed E-state index contributed by atoms with van der Waals surface area (Å²) in [6, 6.07) is 0. The Bertz CT molecular complexity index is 141. The summed E-state index contributed by atoms with van der Waals surface area (Å²) in [7, 11) is -3.86. The molecule has 0 heterocycles. The van der Waals surface area contributed by atoms with E-state index in [1.807, 2.05) is 0 Å². The Kier molecular flexibility index (Phi) is 13.6. The molecule has 16 heavy (non-hydrogen) atoms. The van der Waals surface area contributed by atoms with Crippen molar-refractivity contribution in [2.75, 3.05) is 38.2 Å². The van der Waals surface area contributed by atoms with Crippen molar-refractivity contribution in [3.05, 3.63) is 0 Å². The molecule has 0 aliphatic carbocycles. The Morgan fingerprint density at radius 1 is 0.688 bits per heavy atom. The van der Waals surface area contributed by atoms with E-state index in [0.29, 0.717) is 0 Å². The fourth-order valence-corrected chi connectivity index (χ4v) is 2.01. The zero-order valence-electron chi connectivity index (χ0n) is 8.42. The van der Waals surface area contributed by atoms with Gasteiger partial charge >= 0.3 is 17.2 Å². The van der Waals surface area contributed by atoms with Crippen LogP contribution >= 0.6 is 40.4 Å². The average Bonchev–Trinajstić information content (AvgIpc) is 2.29. The van der Waals surface area contributed by atoms with E-state index in [1.54, 1.807) is 0 Å². The zero-order valence-corrected chi connectivity index (χ0v) is 11.7. The Morgan fingerprint density at radius 2 is 1.00 bits per heavy atom. The predicted octanol–water partition coefficient (Wildman–Crippen LogP) is 1.97. The highest BCUT2D eigenvalue weighted by Crippen LogP contribution is 2.34. The van der Waals surface area contributed by atoms with Gasteiger partial charge in [0.1, 0.15) is 0 Å². The molecule has 0 aromatic carbocycles. The molecule has 0 saturated carbocycles. The summed E-state index contributed by atoms with van der Waals surface area (Å²) in [6.07, 6.45) is 0. The maximum Gasteiger partial charge on any atom is 0.329 e. The second-order valence-corrected chi connectivity index (χ2v) is 4.93. The number of hydrogen-bond acceptors (Lipinski definition) is 6. The molecule has 0 rings (SSSR count). The lowest BCUT2D eigenvalue weighted by molar-refractivity contribution is 0.150. The number of alkyl halides is 2. The summed E-state index contributed by atoms with van der Waals surface area (Å²) in [5.74, 6) is 0.570. The van der Waals surface area contributed by atoms with E-state index in [1.165, 1.54) is 0 Å². The summed E-state index contributed by atoms with van der Waals surface area (Å²) < 4.78 is 19.2. The maximum absolute atomic E-state index is 9.09. The third-order valence-corrected chi connectivity index (χ3v) is 2.97. The predicted molar refractivity (Wildman–Crippen MR) is 63.5 cm³/mol. The monoisotopic (exact) mass is 314 g/mol. The maximum atomic E-state index is 9.09. The first-order valence-corrected chi connectivity index (χ1v) is 7.65. The highest BCUT2D eigenvalue weighted by atomic mass is 35.5. The molecule has 2 N–H and O–H groups in total. The highest BCUT2D eigenvalue weighted by Gasteiger charge is 2.08. The van der Waals surface area contributed by atoms with Crippen molar-refractivity contribution < 1.29 is 27.9 Å². The number of rotatable bonds is 11. The lowest BCUT2D eigenvalue weighted by Crippen LogP contribution is -2.02. The molecule has 6 nitrogen and oxygen atoms in total. The van der Waals surface area contributed by atoms with Gasteiger partial charge in [0.05, 0.1) is 26.4 Å². The molecule has 0 aliphatic heterocycles. The highest BCUT2D eigenvalue weighted by molar-refractivity contribution is 7.40. The standard InChI is InChI=1S/C6H14Cl2O6P2/c7-1-3-11-15(9)13-5-6-14-16(10)12-4-2-8/h9-10H,1-6H2. The van der Waals surface area contributed by atoms with E-state index in [9.17, 15) is 0 Å². The van der Waals surface area contributed by atoms with Gasteiger partial charge in [-0.3, -0.25) is 0 Å². The minimum Gasteiger partial charge on any atom is -0.328 e. The lowest BCUT2D eigenvalue weighted by Gasteiger charge is -2.11. The molecule has 10 heteroatoms. The fourth-order valence-electron chi connectivity index (χ4n) is 0.530. The molecule has 0 saturated heterocycles. The van der Waals surface area contributed by atoms with Gasteiger partial charge in [-0.2, -0.15) is 0 Å². The molecule has 0 spiro atoms. The Labute approximate surface area is 107 Å². The van der Waals surface area contributed by atoms with Crippen LogP contribution < -0.4 is 0 Å². The van der Waals surface area contributed by atoms with E-state index < -0.39 is 17.2 Å². The summed E-state index contributed by atoms with van der Waals surface area (Å²) in [4.78, 5) is 18.2. The van der Waals surface area contributed by atoms with Crippen LogP contribution in [0.5, 0.6) is 0 Å². The molecule has 0 aliphatic rings. The Balaban J connectivity index is 3.24. The molecule has 98 valence electrons. The molecular weight excluding hydrogens is 301 g/mol. The van der Waals surface area contributed by atoms with Crippen molar-refractivity contribution in [3.8, 4) is 0 Å². The third kappa shape index (κ3) is 11.7. The Morgan fingerprint density at radius 3 is 1.31 bits per heavy atom. The molecule has 2 unspecified atom stereocenters. The van der Waals surface area contributed by atoms with E-state index in [4.69, 9.17) is 51.1 Å². The van der Waals surface area contributed by atoms with Crippen LogP contribution in [0.4, 0.5) is 0 Å². The van der Waals surface area contributed by atoms with Gasteiger partial charge in [-0.15, -0.1) is 23.2 Å². The number of hydrogen-bond donors (Lipinski definition) is 2. The van der Waals surface area contributed by atoms with Crippen LogP contribution in [0.3, 0.4) is 0 Å². The van der Waals surface area contributed by atoms with Crippen molar-refractivity contribution in [1.29, 1.82) is 0 Å². The van der Waals surface area contributed by atoms with Crippen LogP contribution in [0.1, 0.15) is 0 Å². The summed E-state index contributed by atoms with van der Waals surface area (Å²) in [5.41, 5.74) is 0. The molecule has 0 bridgehead atoms. The van der Waals surface area contributed by atoms with Gasteiger partial charge < -0.3 is 27.9 Å². The Hall–Kier alpha value is 1.20. The van der Waals surface area contributed by atoms with E-state index in [2.05, 4.69) is 0 Å². The molecule has 0 aromatic heterocycles. The van der Waals surface area contributed by atoms with Crippen molar-refractivity contribution >= 4 is 40.4 Å².